The zero-order valence-corrected chi connectivity index (χ0v) is 16.3. The molecule has 3 heteroatoms. The molecule has 0 fully saturated rings. The maximum Gasteiger partial charge on any atom is 0.134 e. The first-order valence-corrected chi connectivity index (χ1v) is 8.78. The average Bonchev–Trinajstić information content (AvgIpc) is 2.92. The Labute approximate surface area is 145 Å². The van der Waals surface area contributed by atoms with Gasteiger partial charge >= 0.3 is 0 Å². The molecule has 0 spiro atoms. The molecule has 2 heterocycles. The summed E-state index contributed by atoms with van der Waals surface area (Å²) in [6.07, 6.45) is 1.02. The van der Waals surface area contributed by atoms with E-state index in [0.29, 0.717) is 12.8 Å². The molecule has 0 radical (unpaired) electrons. The van der Waals surface area contributed by atoms with Crippen LogP contribution in [0.15, 0.2) is 8.83 Å². The third-order valence-corrected chi connectivity index (χ3v) is 5.41. The van der Waals surface area contributed by atoms with Crippen LogP contribution in [0, 0.1) is 41.5 Å². The molecular weight excluding hydrogens is 300 g/mol. The number of Topliss-reactive ketones (excluding diaryl/α,β-unsaturated/α-hetero) is 1. The van der Waals surface area contributed by atoms with E-state index in [1.807, 2.05) is 13.8 Å². The second-order valence-corrected chi connectivity index (χ2v) is 7.29. The number of aryl methyl sites for hydroxylation is 2. The number of carbonyl (C=O) groups excluding carboxylic acids is 1. The molecular formula is C21H30O3. The Bertz CT molecular complexity index is 683. The molecule has 3 nitrogen and oxygen atoms in total. The van der Waals surface area contributed by atoms with E-state index in [2.05, 4.69) is 41.5 Å². The molecule has 0 aliphatic carbocycles. The normalized spacial score (nSPS) is 14.0. The number of carbonyl (C=O) groups is 1. The molecule has 0 aliphatic rings. The molecule has 0 aromatic carbocycles. The van der Waals surface area contributed by atoms with Crippen molar-refractivity contribution in [2.45, 2.75) is 80.1 Å². The zero-order chi connectivity index (χ0) is 18.2. The maximum absolute atomic E-state index is 12.5. The highest BCUT2D eigenvalue weighted by Crippen LogP contribution is 2.32. The highest BCUT2D eigenvalue weighted by Gasteiger charge is 2.23. The molecule has 0 bridgehead atoms. The average molecular weight is 330 g/mol. The predicted molar refractivity (Wildman–Crippen MR) is 96.9 cm³/mol. The first-order valence-electron chi connectivity index (χ1n) is 8.78. The van der Waals surface area contributed by atoms with E-state index in [9.17, 15) is 4.79 Å². The van der Waals surface area contributed by atoms with Crippen LogP contribution in [-0.4, -0.2) is 5.78 Å². The van der Waals surface area contributed by atoms with Gasteiger partial charge in [-0.05, 0) is 63.8 Å². The second kappa shape index (κ2) is 7.00. The molecule has 132 valence electrons. The van der Waals surface area contributed by atoms with Crippen molar-refractivity contribution in [2.24, 2.45) is 0 Å². The Morgan fingerprint density at radius 3 is 1.29 bits per heavy atom. The smallest absolute Gasteiger partial charge is 0.134 e. The third-order valence-electron chi connectivity index (χ3n) is 5.41. The molecule has 2 aromatic rings. The van der Waals surface area contributed by atoms with Crippen molar-refractivity contribution in [3.8, 4) is 0 Å². The highest BCUT2D eigenvalue weighted by atomic mass is 16.3. The fourth-order valence-electron chi connectivity index (χ4n) is 3.43. The van der Waals surface area contributed by atoms with E-state index in [4.69, 9.17) is 8.83 Å². The largest absolute Gasteiger partial charge is 0.466 e. The summed E-state index contributed by atoms with van der Waals surface area (Å²) in [5.41, 5.74) is 4.73. The van der Waals surface area contributed by atoms with Gasteiger partial charge in [0.1, 0.15) is 28.8 Å². The van der Waals surface area contributed by atoms with Gasteiger partial charge in [-0.2, -0.15) is 0 Å². The number of hydrogen-bond donors (Lipinski definition) is 0. The van der Waals surface area contributed by atoms with Crippen LogP contribution in [0.5, 0.6) is 0 Å². The van der Waals surface area contributed by atoms with Crippen LogP contribution in [0.25, 0.3) is 0 Å². The van der Waals surface area contributed by atoms with Crippen LogP contribution in [0.2, 0.25) is 0 Å². The Balaban J connectivity index is 2.04. The molecule has 0 saturated carbocycles. The Morgan fingerprint density at radius 1 is 0.708 bits per heavy atom. The van der Waals surface area contributed by atoms with Gasteiger partial charge in [-0.15, -0.1) is 0 Å². The SMILES string of the molecule is Cc1oc(C(C)CC(=O)CC(C)c2oc(C)c(C)c2C)c(C)c1C. The van der Waals surface area contributed by atoms with Crippen LogP contribution in [-0.2, 0) is 4.79 Å². The monoisotopic (exact) mass is 330 g/mol. The lowest BCUT2D eigenvalue weighted by molar-refractivity contribution is -0.119. The van der Waals surface area contributed by atoms with Crippen molar-refractivity contribution in [1.82, 2.24) is 0 Å². The minimum absolute atomic E-state index is 0.110. The molecule has 0 N–H and O–H groups in total. The topological polar surface area (TPSA) is 43.4 Å². The number of ketones is 1. The summed E-state index contributed by atoms with van der Waals surface area (Å²) in [5.74, 6) is 4.28. The van der Waals surface area contributed by atoms with Crippen LogP contribution in [0.3, 0.4) is 0 Å². The summed E-state index contributed by atoms with van der Waals surface area (Å²) in [7, 11) is 0. The first-order chi connectivity index (χ1) is 11.1. The molecule has 0 aliphatic heterocycles. The number of furan rings is 2. The molecule has 0 amide bonds. The van der Waals surface area contributed by atoms with E-state index >= 15 is 0 Å². The fourth-order valence-corrected chi connectivity index (χ4v) is 3.43. The van der Waals surface area contributed by atoms with Gasteiger partial charge in [-0.25, -0.2) is 0 Å². The van der Waals surface area contributed by atoms with Crippen molar-refractivity contribution in [3.63, 3.8) is 0 Å². The van der Waals surface area contributed by atoms with E-state index in [-0.39, 0.29) is 17.6 Å². The summed E-state index contributed by atoms with van der Waals surface area (Å²) in [6, 6.07) is 0. The highest BCUT2D eigenvalue weighted by molar-refractivity contribution is 5.80. The zero-order valence-electron chi connectivity index (χ0n) is 16.3. The molecule has 2 unspecified atom stereocenters. The fraction of sp³-hybridized carbons (Fsp3) is 0.571. The van der Waals surface area contributed by atoms with Gasteiger partial charge < -0.3 is 8.83 Å². The van der Waals surface area contributed by atoms with E-state index < -0.39 is 0 Å². The summed E-state index contributed by atoms with van der Waals surface area (Å²) >= 11 is 0. The molecule has 2 atom stereocenters. The lowest BCUT2D eigenvalue weighted by Crippen LogP contribution is -2.09. The summed E-state index contributed by atoms with van der Waals surface area (Å²) in [6.45, 7) is 16.4. The Kier molecular flexibility index (Phi) is 5.42. The quantitative estimate of drug-likeness (QED) is 0.654. The van der Waals surface area contributed by atoms with Gasteiger partial charge in [-0.3, -0.25) is 4.79 Å². The maximum atomic E-state index is 12.5. The summed E-state index contributed by atoms with van der Waals surface area (Å²) in [5, 5.41) is 0. The second-order valence-electron chi connectivity index (χ2n) is 7.29. The molecule has 2 rings (SSSR count). The minimum atomic E-state index is 0.110. The predicted octanol–water partition coefficient (Wildman–Crippen LogP) is 5.98. The number of rotatable bonds is 6. The Hall–Kier alpha value is -1.77. The lowest BCUT2D eigenvalue weighted by Gasteiger charge is -2.13. The van der Waals surface area contributed by atoms with E-state index in [1.165, 1.54) is 22.3 Å². The van der Waals surface area contributed by atoms with Crippen LogP contribution in [0.4, 0.5) is 0 Å². The van der Waals surface area contributed by atoms with Crippen molar-refractivity contribution in [3.05, 3.63) is 45.3 Å². The summed E-state index contributed by atoms with van der Waals surface area (Å²) in [4.78, 5) is 12.5. The Morgan fingerprint density at radius 2 is 1.04 bits per heavy atom. The van der Waals surface area contributed by atoms with E-state index in [1.54, 1.807) is 0 Å². The lowest BCUT2D eigenvalue weighted by atomic mass is 9.92. The molecule has 2 aromatic heterocycles. The van der Waals surface area contributed by atoms with E-state index in [0.717, 1.165) is 23.0 Å². The first kappa shape index (κ1) is 18.6. The van der Waals surface area contributed by atoms with Crippen LogP contribution >= 0.6 is 0 Å². The molecule has 24 heavy (non-hydrogen) atoms. The van der Waals surface area contributed by atoms with Crippen molar-refractivity contribution in [1.29, 1.82) is 0 Å². The van der Waals surface area contributed by atoms with Gasteiger partial charge in [0.25, 0.3) is 0 Å². The molecule has 0 saturated heterocycles. The van der Waals surface area contributed by atoms with Gasteiger partial charge in [0.05, 0.1) is 0 Å². The number of hydrogen-bond acceptors (Lipinski definition) is 3. The minimum Gasteiger partial charge on any atom is -0.466 e. The van der Waals surface area contributed by atoms with Crippen LogP contribution < -0.4 is 0 Å². The standard InChI is InChI=1S/C21H30O3/c1-11(20-15(5)13(3)17(7)23-20)9-19(22)10-12(2)21-16(6)14(4)18(8)24-21/h11-12H,9-10H2,1-8H3. The van der Waals surface area contributed by atoms with Crippen LogP contribution in [0.1, 0.15) is 83.8 Å². The van der Waals surface area contributed by atoms with Gasteiger partial charge in [0.15, 0.2) is 0 Å². The van der Waals surface area contributed by atoms with Crippen molar-refractivity contribution in [2.75, 3.05) is 0 Å². The van der Waals surface area contributed by atoms with Gasteiger partial charge in [0.2, 0.25) is 0 Å². The van der Waals surface area contributed by atoms with Gasteiger partial charge in [-0.1, -0.05) is 13.8 Å². The van der Waals surface area contributed by atoms with Gasteiger partial charge in [0, 0.05) is 24.7 Å². The summed E-state index contributed by atoms with van der Waals surface area (Å²) < 4.78 is 11.7. The third kappa shape index (κ3) is 3.50. The van der Waals surface area contributed by atoms with Crippen molar-refractivity contribution >= 4 is 5.78 Å². The van der Waals surface area contributed by atoms with Crippen molar-refractivity contribution < 1.29 is 13.6 Å².